The molecule has 0 saturated carbocycles. The molecule has 1 saturated heterocycles. The molecule has 0 aromatic heterocycles. The van der Waals surface area contributed by atoms with Gasteiger partial charge in [0, 0.05) is 32.5 Å². The minimum absolute atomic E-state index is 0.0322. The predicted octanol–water partition coefficient (Wildman–Crippen LogP) is 6.72. The highest BCUT2D eigenvalue weighted by atomic mass is 16.2. The van der Waals surface area contributed by atoms with Gasteiger partial charge in [0.05, 0.1) is 5.41 Å². The quantitative estimate of drug-likeness (QED) is 0.149. The van der Waals surface area contributed by atoms with Gasteiger partial charge in [0.1, 0.15) is 0 Å². The Labute approximate surface area is 253 Å². The lowest BCUT2D eigenvalue weighted by atomic mass is 9.67. The number of nitrogens with zero attached hydrogens (tertiary/aromatic N) is 1. The Morgan fingerprint density at radius 3 is 1.93 bits per heavy atom. The van der Waals surface area contributed by atoms with Crippen LogP contribution in [0.25, 0.3) is 0 Å². The zero-order chi connectivity index (χ0) is 29.5. The average Bonchev–Trinajstić information content (AvgIpc) is 3.04. The van der Waals surface area contributed by atoms with E-state index < -0.39 is 5.41 Å². The maximum absolute atomic E-state index is 13.5. The van der Waals surface area contributed by atoms with Gasteiger partial charge in [-0.25, -0.2) is 0 Å². The second kappa shape index (κ2) is 16.9. The van der Waals surface area contributed by atoms with E-state index in [2.05, 4.69) is 58.9 Å². The van der Waals surface area contributed by atoms with Gasteiger partial charge in [0.2, 0.25) is 11.8 Å². The van der Waals surface area contributed by atoms with Gasteiger partial charge in [-0.05, 0) is 67.8 Å². The van der Waals surface area contributed by atoms with E-state index in [1.165, 1.54) is 38.8 Å². The smallest absolute Gasteiger partial charge is 0.221 e. The van der Waals surface area contributed by atoms with Gasteiger partial charge >= 0.3 is 0 Å². The standard InChI is InChI=1S/C37H49N3O2/c1-2-3-26-40-27-16-17-31(30-40)29-39-35(41)24-14-7-15-25-38-36(42)28-37(32-18-8-4-9-19-32,33-20-10-5-11-21-33)34-22-12-6-13-23-34/h4-6,8-13,18-23,31H,2-3,7,14-17,24-30H2,1H3,(H,38,42)(H,39,41). The van der Waals surface area contributed by atoms with E-state index in [0.717, 1.165) is 49.0 Å². The van der Waals surface area contributed by atoms with Crippen LogP contribution in [-0.2, 0) is 15.0 Å². The first-order valence-corrected chi connectivity index (χ1v) is 16.0. The summed E-state index contributed by atoms with van der Waals surface area (Å²) in [4.78, 5) is 28.5. The third kappa shape index (κ3) is 9.03. The minimum atomic E-state index is -0.586. The summed E-state index contributed by atoms with van der Waals surface area (Å²) in [5.74, 6) is 0.761. The van der Waals surface area contributed by atoms with E-state index in [4.69, 9.17) is 0 Å². The summed E-state index contributed by atoms with van der Waals surface area (Å²) in [5.41, 5.74) is 2.72. The molecule has 3 aromatic rings. The molecular weight excluding hydrogens is 518 g/mol. The third-order valence-corrected chi connectivity index (χ3v) is 8.65. The predicted molar refractivity (Wildman–Crippen MR) is 172 cm³/mol. The fraction of sp³-hybridized carbons (Fsp3) is 0.459. The summed E-state index contributed by atoms with van der Waals surface area (Å²) < 4.78 is 0. The van der Waals surface area contributed by atoms with Crippen molar-refractivity contribution in [2.75, 3.05) is 32.7 Å². The van der Waals surface area contributed by atoms with E-state index in [1.54, 1.807) is 0 Å². The molecule has 0 aliphatic carbocycles. The summed E-state index contributed by atoms with van der Waals surface area (Å²) in [6.45, 7) is 7.15. The number of carbonyl (C=O) groups is 2. The second-order valence-corrected chi connectivity index (χ2v) is 11.8. The number of hydrogen-bond acceptors (Lipinski definition) is 3. The number of piperidine rings is 1. The molecule has 2 amide bonds. The van der Waals surface area contributed by atoms with E-state index >= 15 is 0 Å². The molecule has 2 N–H and O–H groups in total. The largest absolute Gasteiger partial charge is 0.356 e. The van der Waals surface area contributed by atoms with Gasteiger partial charge in [-0.2, -0.15) is 0 Å². The van der Waals surface area contributed by atoms with Gasteiger partial charge in [-0.15, -0.1) is 0 Å². The van der Waals surface area contributed by atoms with Crippen molar-refractivity contribution < 1.29 is 9.59 Å². The van der Waals surface area contributed by atoms with Crippen molar-refractivity contribution in [3.63, 3.8) is 0 Å². The summed E-state index contributed by atoms with van der Waals surface area (Å²) in [7, 11) is 0. The summed E-state index contributed by atoms with van der Waals surface area (Å²) in [5, 5.41) is 6.35. The van der Waals surface area contributed by atoms with Crippen LogP contribution in [0.1, 0.15) is 81.4 Å². The monoisotopic (exact) mass is 567 g/mol. The number of amides is 2. The normalized spacial score (nSPS) is 15.7. The lowest BCUT2D eigenvalue weighted by molar-refractivity contribution is -0.122. The molecule has 42 heavy (non-hydrogen) atoms. The SMILES string of the molecule is CCCCN1CCCC(CNC(=O)CCCCCNC(=O)CC(c2ccccc2)(c2ccccc2)c2ccccc2)C1. The number of rotatable bonds is 16. The van der Waals surface area contributed by atoms with Crippen molar-refractivity contribution in [3.05, 3.63) is 108 Å². The van der Waals surface area contributed by atoms with E-state index in [-0.39, 0.29) is 11.8 Å². The molecule has 0 radical (unpaired) electrons. The van der Waals surface area contributed by atoms with Crippen LogP contribution in [0.4, 0.5) is 0 Å². The van der Waals surface area contributed by atoms with Gasteiger partial charge in [-0.3, -0.25) is 9.59 Å². The molecule has 1 atom stereocenters. The van der Waals surface area contributed by atoms with Crippen molar-refractivity contribution in [2.24, 2.45) is 5.92 Å². The lowest BCUT2D eigenvalue weighted by Gasteiger charge is -2.35. The number of benzene rings is 3. The van der Waals surface area contributed by atoms with Crippen molar-refractivity contribution in [1.29, 1.82) is 0 Å². The molecule has 1 aliphatic heterocycles. The van der Waals surface area contributed by atoms with Gasteiger partial charge in [0.25, 0.3) is 0 Å². The fourth-order valence-electron chi connectivity index (χ4n) is 6.34. The average molecular weight is 568 g/mol. The highest BCUT2D eigenvalue weighted by Gasteiger charge is 2.38. The Morgan fingerprint density at radius 1 is 0.762 bits per heavy atom. The molecule has 3 aromatic carbocycles. The number of hydrogen-bond donors (Lipinski definition) is 2. The fourth-order valence-corrected chi connectivity index (χ4v) is 6.34. The molecule has 1 aliphatic rings. The number of likely N-dealkylation sites (tertiary alicyclic amines) is 1. The first-order valence-electron chi connectivity index (χ1n) is 16.0. The molecular formula is C37H49N3O2. The molecule has 5 heteroatoms. The first-order chi connectivity index (χ1) is 20.6. The Bertz CT molecular complexity index is 1100. The van der Waals surface area contributed by atoms with Crippen molar-refractivity contribution >= 4 is 11.8 Å². The van der Waals surface area contributed by atoms with Crippen LogP contribution < -0.4 is 10.6 Å². The molecule has 1 heterocycles. The van der Waals surface area contributed by atoms with Crippen molar-refractivity contribution in [3.8, 4) is 0 Å². The summed E-state index contributed by atoms with van der Waals surface area (Å²) >= 11 is 0. The van der Waals surface area contributed by atoms with E-state index in [1.807, 2.05) is 54.6 Å². The van der Waals surface area contributed by atoms with Crippen LogP contribution in [0.3, 0.4) is 0 Å². The summed E-state index contributed by atoms with van der Waals surface area (Å²) in [6.07, 6.45) is 8.44. The Balaban J connectivity index is 1.24. The Hall–Kier alpha value is -3.44. The first kappa shape index (κ1) is 31.5. The Morgan fingerprint density at radius 2 is 1.36 bits per heavy atom. The molecule has 4 rings (SSSR count). The molecule has 0 spiro atoms. The number of carbonyl (C=O) groups excluding carboxylic acids is 2. The highest BCUT2D eigenvalue weighted by molar-refractivity contribution is 5.80. The maximum Gasteiger partial charge on any atom is 0.221 e. The van der Waals surface area contributed by atoms with E-state index in [0.29, 0.717) is 25.3 Å². The van der Waals surface area contributed by atoms with Crippen molar-refractivity contribution in [2.45, 2.75) is 70.1 Å². The highest BCUT2D eigenvalue weighted by Crippen LogP contribution is 2.42. The zero-order valence-electron chi connectivity index (χ0n) is 25.4. The van der Waals surface area contributed by atoms with Gasteiger partial charge in [0.15, 0.2) is 0 Å². The van der Waals surface area contributed by atoms with Crippen LogP contribution in [-0.4, -0.2) is 49.4 Å². The van der Waals surface area contributed by atoms with Crippen LogP contribution in [0.5, 0.6) is 0 Å². The maximum atomic E-state index is 13.5. The lowest BCUT2D eigenvalue weighted by Crippen LogP contribution is -2.41. The van der Waals surface area contributed by atoms with Crippen LogP contribution in [0, 0.1) is 5.92 Å². The van der Waals surface area contributed by atoms with Gasteiger partial charge < -0.3 is 15.5 Å². The van der Waals surface area contributed by atoms with Gasteiger partial charge in [-0.1, -0.05) is 111 Å². The second-order valence-electron chi connectivity index (χ2n) is 11.8. The zero-order valence-corrected chi connectivity index (χ0v) is 25.4. The summed E-state index contributed by atoms with van der Waals surface area (Å²) in [6, 6.07) is 31.0. The third-order valence-electron chi connectivity index (χ3n) is 8.65. The van der Waals surface area contributed by atoms with Crippen molar-refractivity contribution in [1.82, 2.24) is 15.5 Å². The molecule has 224 valence electrons. The minimum Gasteiger partial charge on any atom is -0.356 e. The van der Waals surface area contributed by atoms with Crippen LogP contribution >= 0.6 is 0 Å². The molecule has 5 nitrogen and oxygen atoms in total. The van der Waals surface area contributed by atoms with Crippen LogP contribution in [0.15, 0.2) is 91.0 Å². The molecule has 1 unspecified atom stereocenters. The number of nitrogens with one attached hydrogen (secondary N) is 2. The van der Waals surface area contributed by atoms with Crippen LogP contribution in [0.2, 0.25) is 0 Å². The topological polar surface area (TPSA) is 61.4 Å². The molecule has 0 bridgehead atoms. The Kier molecular flexibility index (Phi) is 12.6. The molecule has 1 fully saturated rings. The van der Waals surface area contributed by atoms with E-state index in [9.17, 15) is 9.59 Å². The number of unbranched alkanes of at least 4 members (excludes halogenated alkanes) is 3.